The molecule has 0 saturated heterocycles. The largest absolute Gasteiger partial charge is 0.364 e. The van der Waals surface area contributed by atoms with Gasteiger partial charge in [-0.3, -0.25) is 14.8 Å². The van der Waals surface area contributed by atoms with Gasteiger partial charge < -0.3 is 15.6 Å². The number of nitrogens with zero attached hydrogens (tertiary/aromatic N) is 6. The molecule has 0 atom stereocenters. The van der Waals surface area contributed by atoms with Crippen molar-refractivity contribution in [1.29, 1.82) is 0 Å². The predicted molar refractivity (Wildman–Crippen MR) is 104 cm³/mol. The van der Waals surface area contributed by atoms with Crippen molar-refractivity contribution in [2.45, 2.75) is 19.4 Å². The van der Waals surface area contributed by atoms with E-state index in [9.17, 15) is 9.59 Å². The summed E-state index contributed by atoms with van der Waals surface area (Å²) in [6.07, 6.45) is 4.53. The zero-order chi connectivity index (χ0) is 20.1. The van der Waals surface area contributed by atoms with Crippen LogP contribution in [0.15, 0.2) is 17.8 Å². The first kappa shape index (κ1) is 19.8. The third-order valence-electron chi connectivity index (χ3n) is 3.78. The summed E-state index contributed by atoms with van der Waals surface area (Å²) in [5.41, 5.74) is 5.89. The van der Waals surface area contributed by atoms with Crippen LogP contribution in [0, 0.1) is 0 Å². The van der Waals surface area contributed by atoms with Crippen molar-refractivity contribution in [3.05, 3.63) is 28.6 Å². The first-order valence-corrected chi connectivity index (χ1v) is 9.57. The molecule has 13 heteroatoms. The van der Waals surface area contributed by atoms with Crippen LogP contribution in [-0.4, -0.2) is 48.0 Å². The molecule has 0 spiro atoms. The van der Waals surface area contributed by atoms with E-state index in [0.29, 0.717) is 34.9 Å². The van der Waals surface area contributed by atoms with Gasteiger partial charge in [0.2, 0.25) is 0 Å². The number of unbranched alkanes of at least 4 members (excludes halogenated alkanes) is 1. The van der Waals surface area contributed by atoms with Gasteiger partial charge in [0.15, 0.2) is 16.6 Å². The first-order chi connectivity index (χ1) is 13.4. The molecule has 4 N–H and O–H groups in total. The molecule has 3 aromatic rings. The summed E-state index contributed by atoms with van der Waals surface area (Å²) in [7, 11) is 1.79. The van der Waals surface area contributed by atoms with E-state index in [-0.39, 0.29) is 11.7 Å². The minimum absolute atomic E-state index is 0.133. The highest BCUT2D eigenvalue weighted by Crippen LogP contribution is 2.25. The molecule has 0 aliphatic rings. The summed E-state index contributed by atoms with van der Waals surface area (Å²) < 4.78 is 3.25. The Morgan fingerprint density at radius 3 is 2.86 bits per heavy atom. The van der Waals surface area contributed by atoms with Gasteiger partial charge in [0.25, 0.3) is 5.91 Å². The van der Waals surface area contributed by atoms with Crippen molar-refractivity contribution in [3.8, 4) is 11.5 Å². The lowest BCUT2D eigenvalue weighted by molar-refractivity contribution is 0.0995. The Hall–Kier alpha value is -2.99. The lowest BCUT2D eigenvalue weighted by atomic mass is 10.3. The average molecular weight is 424 g/mol. The number of aryl methyl sites for hydroxylation is 1. The topological polar surface area (TPSA) is 146 Å². The van der Waals surface area contributed by atoms with Crippen LogP contribution in [0.5, 0.6) is 0 Å². The standard InChI is InChI=1S/C15H18ClN9O2S/c1-24-11(16)6-19-13(24)10-8-28-15(20-10)21-14(27)18-4-2-3-5-25-7-9(12(17)26)22-23-25/h6-8H,2-5H2,1H3,(H2,17,26)(H2,18,20,21,27). The first-order valence-electron chi connectivity index (χ1n) is 8.32. The molecular weight excluding hydrogens is 406 g/mol. The molecule has 0 saturated carbocycles. The molecule has 3 amide bonds. The van der Waals surface area contributed by atoms with E-state index in [1.165, 1.54) is 17.5 Å². The van der Waals surface area contributed by atoms with E-state index < -0.39 is 5.91 Å². The molecule has 0 bridgehead atoms. The van der Waals surface area contributed by atoms with Gasteiger partial charge in [0, 0.05) is 25.5 Å². The lowest BCUT2D eigenvalue weighted by Crippen LogP contribution is -2.29. The zero-order valence-corrected chi connectivity index (χ0v) is 16.5. The molecule has 3 heterocycles. The third-order valence-corrected chi connectivity index (χ3v) is 4.88. The van der Waals surface area contributed by atoms with Crippen LogP contribution in [0.2, 0.25) is 5.15 Å². The number of nitrogens with one attached hydrogen (secondary N) is 2. The van der Waals surface area contributed by atoms with Crippen LogP contribution in [0.25, 0.3) is 11.5 Å². The smallest absolute Gasteiger partial charge is 0.321 e. The number of hydrogen-bond donors (Lipinski definition) is 3. The van der Waals surface area contributed by atoms with Gasteiger partial charge in [-0.05, 0) is 12.8 Å². The number of carbonyl (C=O) groups excluding carboxylic acids is 2. The Morgan fingerprint density at radius 2 is 2.18 bits per heavy atom. The number of amides is 3. The molecule has 0 radical (unpaired) electrons. The number of imidazole rings is 1. The fraction of sp³-hybridized carbons (Fsp3) is 0.333. The predicted octanol–water partition coefficient (Wildman–Crippen LogP) is 1.49. The van der Waals surface area contributed by atoms with Crippen LogP contribution < -0.4 is 16.4 Å². The highest BCUT2D eigenvalue weighted by Gasteiger charge is 2.12. The summed E-state index contributed by atoms with van der Waals surface area (Å²) in [5.74, 6) is 0.0169. The van der Waals surface area contributed by atoms with Gasteiger partial charge in [-0.15, -0.1) is 16.4 Å². The Morgan fingerprint density at radius 1 is 1.36 bits per heavy atom. The van der Waals surface area contributed by atoms with Crippen LogP contribution in [0.4, 0.5) is 9.93 Å². The molecular formula is C15H18ClN9O2S. The lowest BCUT2D eigenvalue weighted by Gasteiger charge is -2.05. The van der Waals surface area contributed by atoms with Gasteiger partial charge in [-0.1, -0.05) is 16.8 Å². The number of urea groups is 1. The maximum atomic E-state index is 12.0. The number of aromatic nitrogens is 6. The summed E-state index contributed by atoms with van der Waals surface area (Å²) in [4.78, 5) is 31.5. The fourth-order valence-electron chi connectivity index (χ4n) is 2.32. The molecule has 28 heavy (non-hydrogen) atoms. The Labute approximate surface area is 168 Å². The van der Waals surface area contributed by atoms with Crippen molar-refractivity contribution in [3.63, 3.8) is 0 Å². The van der Waals surface area contributed by atoms with E-state index in [1.807, 2.05) is 0 Å². The number of rotatable bonds is 8. The zero-order valence-electron chi connectivity index (χ0n) is 14.9. The number of nitrogens with two attached hydrogens (primary N) is 1. The Balaban J connectivity index is 1.39. The molecule has 0 unspecified atom stereocenters. The quantitative estimate of drug-likeness (QED) is 0.468. The van der Waals surface area contributed by atoms with E-state index >= 15 is 0 Å². The monoisotopic (exact) mass is 423 g/mol. The van der Waals surface area contributed by atoms with Gasteiger partial charge in [0.05, 0.1) is 12.4 Å². The van der Waals surface area contributed by atoms with Gasteiger partial charge in [0.1, 0.15) is 10.8 Å². The van der Waals surface area contributed by atoms with Crippen molar-refractivity contribution in [2.75, 3.05) is 11.9 Å². The number of primary amides is 1. The number of anilines is 1. The Kier molecular flexibility index (Phi) is 6.21. The summed E-state index contributed by atoms with van der Waals surface area (Å²) in [6.45, 7) is 1.06. The SMILES string of the molecule is Cn1c(Cl)cnc1-c1csc(NC(=O)NCCCCn2cc(C(N)=O)nn2)n1. The normalized spacial score (nSPS) is 10.8. The molecule has 3 rings (SSSR count). The molecule has 0 fully saturated rings. The highest BCUT2D eigenvalue weighted by molar-refractivity contribution is 7.14. The number of halogens is 1. The van der Waals surface area contributed by atoms with Crippen LogP contribution in [0.3, 0.4) is 0 Å². The van der Waals surface area contributed by atoms with Crippen molar-refractivity contribution in [2.24, 2.45) is 12.8 Å². The minimum atomic E-state index is -0.610. The van der Waals surface area contributed by atoms with Crippen molar-refractivity contribution < 1.29 is 9.59 Å². The molecule has 0 aromatic carbocycles. The van der Waals surface area contributed by atoms with E-state index in [0.717, 1.165) is 12.8 Å². The van der Waals surface area contributed by atoms with Crippen LogP contribution >= 0.6 is 22.9 Å². The van der Waals surface area contributed by atoms with E-state index in [4.69, 9.17) is 17.3 Å². The maximum Gasteiger partial charge on any atom is 0.321 e. The molecule has 11 nitrogen and oxygen atoms in total. The van der Waals surface area contributed by atoms with E-state index in [2.05, 4.69) is 30.9 Å². The van der Waals surface area contributed by atoms with Gasteiger partial charge in [-0.25, -0.2) is 14.8 Å². The minimum Gasteiger partial charge on any atom is -0.364 e. The molecule has 148 valence electrons. The van der Waals surface area contributed by atoms with E-state index in [1.54, 1.807) is 27.9 Å². The molecule has 0 aliphatic heterocycles. The average Bonchev–Trinajstić information content (AvgIpc) is 3.37. The van der Waals surface area contributed by atoms with Gasteiger partial charge in [-0.2, -0.15) is 0 Å². The van der Waals surface area contributed by atoms with Crippen LogP contribution in [-0.2, 0) is 13.6 Å². The summed E-state index contributed by atoms with van der Waals surface area (Å²) in [5, 5.41) is 15.7. The van der Waals surface area contributed by atoms with Gasteiger partial charge >= 0.3 is 6.03 Å². The summed E-state index contributed by atoms with van der Waals surface area (Å²) in [6, 6.07) is -0.337. The number of hydrogen-bond acceptors (Lipinski definition) is 7. The van der Waals surface area contributed by atoms with Crippen LogP contribution in [0.1, 0.15) is 23.3 Å². The molecule has 0 aliphatic carbocycles. The molecule has 3 aromatic heterocycles. The van der Waals surface area contributed by atoms with Crippen molar-refractivity contribution >= 4 is 40.0 Å². The Bertz CT molecular complexity index is 980. The number of carbonyl (C=O) groups is 2. The fourth-order valence-corrected chi connectivity index (χ4v) is 3.14. The second kappa shape index (κ2) is 8.80. The second-order valence-electron chi connectivity index (χ2n) is 5.82. The second-order valence-corrected chi connectivity index (χ2v) is 7.07. The highest BCUT2D eigenvalue weighted by atomic mass is 35.5. The third kappa shape index (κ3) is 4.84. The number of thiazole rings is 1. The van der Waals surface area contributed by atoms with Crippen molar-refractivity contribution in [1.82, 2.24) is 34.8 Å². The summed E-state index contributed by atoms with van der Waals surface area (Å²) >= 11 is 7.27. The maximum absolute atomic E-state index is 12.0.